The second-order valence-corrected chi connectivity index (χ2v) is 11.3. The quantitative estimate of drug-likeness (QED) is 0.140. The maximum Gasteiger partial charge on any atom is 0.207 e. The monoisotopic (exact) mass is 512 g/mol. The molecule has 206 valence electrons. The average Bonchev–Trinajstić information content (AvgIpc) is 3.32. The highest BCUT2D eigenvalue weighted by atomic mass is 15.2. The van der Waals surface area contributed by atoms with Crippen LogP contribution in [-0.2, 0) is 25.7 Å². The number of rotatable bonds is 18. The SMILES string of the molecule is CCCCCCc1cc(CCCCCC)cc(C2=CC=C(c3cc(CCCC)cc(CCCC)c3)[N+]2=[N-])c1. The van der Waals surface area contributed by atoms with Crippen LogP contribution in [0.2, 0.25) is 0 Å². The molecule has 2 aromatic rings. The Morgan fingerprint density at radius 2 is 0.789 bits per heavy atom. The topological polar surface area (TPSA) is 25.3 Å². The fourth-order valence-electron chi connectivity index (χ4n) is 5.54. The smallest absolute Gasteiger partial charge is 0.207 e. The molecule has 0 saturated carbocycles. The summed E-state index contributed by atoms with van der Waals surface area (Å²) in [5.74, 6) is 0. The Kier molecular flexibility index (Phi) is 13.0. The highest BCUT2D eigenvalue weighted by Crippen LogP contribution is 2.33. The Hall–Kier alpha value is -2.48. The Morgan fingerprint density at radius 3 is 1.13 bits per heavy atom. The van der Waals surface area contributed by atoms with Gasteiger partial charge >= 0.3 is 0 Å². The zero-order chi connectivity index (χ0) is 27.2. The van der Waals surface area contributed by atoms with E-state index in [0.29, 0.717) is 0 Å². The molecule has 0 radical (unpaired) electrons. The van der Waals surface area contributed by atoms with Crippen molar-refractivity contribution in [1.29, 1.82) is 0 Å². The zero-order valence-corrected chi connectivity index (χ0v) is 24.8. The van der Waals surface area contributed by atoms with Gasteiger partial charge in [-0.25, -0.2) is 4.70 Å². The molecule has 0 aliphatic carbocycles. The number of aryl methyl sites for hydroxylation is 4. The predicted molar refractivity (Wildman–Crippen MR) is 165 cm³/mol. The third kappa shape index (κ3) is 9.07. The molecule has 1 heterocycles. The van der Waals surface area contributed by atoms with Gasteiger partial charge in [-0.3, -0.25) is 0 Å². The van der Waals surface area contributed by atoms with Crippen LogP contribution in [0.5, 0.6) is 0 Å². The molecule has 2 aromatic carbocycles. The van der Waals surface area contributed by atoms with Gasteiger partial charge in [-0.05, 0) is 97.9 Å². The molecule has 1 aliphatic rings. The summed E-state index contributed by atoms with van der Waals surface area (Å²) in [5, 5.41) is 0. The summed E-state index contributed by atoms with van der Waals surface area (Å²) in [5.41, 5.74) is 21.1. The van der Waals surface area contributed by atoms with Crippen molar-refractivity contribution in [2.24, 2.45) is 0 Å². The predicted octanol–water partition coefficient (Wildman–Crippen LogP) is 11.0. The molecule has 2 nitrogen and oxygen atoms in total. The van der Waals surface area contributed by atoms with Crippen molar-refractivity contribution in [2.75, 3.05) is 0 Å². The summed E-state index contributed by atoms with van der Waals surface area (Å²) in [6, 6.07) is 14.0. The van der Waals surface area contributed by atoms with Crippen LogP contribution in [0.1, 0.15) is 138 Å². The summed E-state index contributed by atoms with van der Waals surface area (Å²) < 4.78 is 1.44. The molecule has 2 heteroatoms. The van der Waals surface area contributed by atoms with Gasteiger partial charge < -0.3 is 5.53 Å². The van der Waals surface area contributed by atoms with E-state index in [4.69, 9.17) is 0 Å². The van der Waals surface area contributed by atoms with E-state index in [0.717, 1.165) is 48.2 Å². The number of unbranched alkanes of at least 4 members (excludes halogenated alkanes) is 8. The highest BCUT2D eigenvalue weighted by Gasteiger charge is 2.24. The number of benzene rings is 2. The number of hydrogen-bond donors (Lipinski definition) is 0. The molecule has 0 fully saturated rings. The molecule has 0 unspecified atom stereocenters. The van der Waals surface area contributed by atoms with Crippen LogP contribution >= 0.6 is 0 Å². The maximum absolute atomic E-state index is 11.5. The minimum absolute atomic E-state index is 0.897. The fraction of sp³-hybridized carbons (Fsp3) is 0.556. The van der Waals surface area contributed by atoms with Crippen molar-refractivity contribution in [2.45, 2.75) is 130 Å². The standard InChI is InChI=1S/C36H52N2/c1-5-9-13-15-19-31-24-32(20-16-14-10-6-2)28-34(27-31)36-22-21-35(38(36)37)33-25-29(17-11-7-3)23-30(26-33)18-12-8-4/h21-28H,5-20H2,1-4H3. The zero-order valence-electron chi connectivity index (χ0n) is 24.8. The molecule has 38 heavy (non-hydrogen) atoms. The number of hydrogen-bond acceptors (Lipinski definition) is 0. The Labute approximate surface area is 233 Å². The first kappa shape index (κ1) is 30.1. The molecule has 0 spiro atoms. The summed E-state index contributed by atoms with van der Waals surface area (Å²) in [6.07, 6.45) is 23.7. The molecule has 0 aromatic heterocycles. The normalized spacial score (nSPS) is 13.2. The van der Waals surface area contributed by atoms with Crippen LogP contribution in [0.25, 0.3) is 16.9 Å². The first-order chi connectivity index (χ1) is 18.6. The van der Waals surface area contributed by atoms with Crippen LogP contribution in [0, 0.1) is 0 Å². The lowest BCUT2D eigenvalue weighted by atomic mass is 9.96. The molecule has 0 amide bonds. The first-order valence-corrected chi connectivity index (χ1v) is 15.8. The number of allylic oxidation sites excluding steroid dienone is 2. The molecular formula is C36H52N2. The minimum atomic E-state index is 0.897. The van der Waals surface area contributed by atoms with E-state index in [-0.39, 0.29) is 0 Å². The molecular weight excluding hydrogens is 460 g/mol. The van der Waals surface area contributed by atoms with E-state index in [1.807, 2.05) is 0 Å². The summed E-state index contributed by atoms with van der Waals surface area (Å²) >= 11 is 0. The van der Waals surface area contributed by atoms with Gasteiger partial charge in [0.15, 0.2) is 0 Å². The van der Waals surface area contributed by atoms with Crippen molar-refractivity contribution in [1.82, 2.24) is 0 Å². The average molecular weight is 513 g/mol. The molecule has 1 aliphatic heterocycles. The molecule has 0 N–H and O–H groups in total. The summed E-state index contributed by atoms with van der Waals surface area (Å²) in [4.78, 5) is 0. The molecule has 0 saturated heterocycles. The van der Waals surface area contributed by atoms with Gasteiger partial charge in [0, 0.05) is 23.3 Å². The third-order valence-corrected chi connectivity index (χ3v) is 7.83. The van der Waals surface area contributed by atoms with Crippen LogP contribution in [0.3, 0.4) is 0 Å². The second-order valence-electron chi connectivity index (χ2n) is 11.3. The van der Waals surface area contributed by atoms with E-state index in [1.165, 1.54) is 104 Å². The Bertz CT molecular complexity index is 1030. The number of nitrogens with zero attached hydrogens (tertiary/aromatic N) is 2. The van der Waals surface area contributed by atoms with Crippen molar-refractivity contribution in [3.05, 3.63) is 87.5 Å². The molecule has 0 atom stereocenters. The summed E-state index contributed by atoms with van der Waals surface area (Å²) in [6.45, 7) is 9.05. The lowest BCUT2D eigenvalue weighted by molar-refractivity contribution is -0.344. The van der Waals surface area contributed by atoms with Gasteiger partial charge in [-0.2, -0.15) is 0 Å². The van der Waals surface area contributed by atoms with Crippen molar-refractivity contribution >= 4 is 11.4 Å². The van der Waals surface area contributed by atoms with Gasteiger partial charge in [0.25, 0.3) is 0 Å². The Morgan fingerprint density at radius 1 is 0.447 bits per heavy atom. The fourth-order valence-corrected chi connectivity index (χ4v) is 5.54. The third-order valence-electron chi connectivity index (χ3n) is 7.83. The van der Waals surface area contributed by atoms with E-state index < -0.39 is 0 Å². The van der Waals surface area contributed by atoms with Gasteiger partial charge in [0.1, 0.15) is 0 Å². The largest absolute Gasteiger partial charge is 0.493 e. The summed E-state index contributed by atoms with van der Waals surface area (Å²) in [7, 11) is 0. The molecule has 0 bridgehead atoms. The van der Waals surface area contributed by atoms with Gasteiger partial charge in [0.2, 0.25) is 11.4 Å². The molecule has 3 rings (SSSR count). The van der Waals surface area contributed by atoms with E-state index in [9.17, 15) is 5.53 Å². The van der Waals surface area contributed by atoms with Crippen LogP contribution in [0.15, 0.2) is 48.6 Å². The Balaban J connectivity index is 1.83. The second kappa shape index (κ2) is 16.5. The van der Waals surface area contributed by atoms with Gasteiger partial charge in [-0.1, -0.05) is 91.2 Å². The maximum atomic E-state index is 11.5. The van der Waals surface area contributed by atoms with Crippen molar-refractivity contribution in [3.8, 4) is 0 Å². The van der Waals surface area contributed by atoms with Crippen LogP contribution in [0.4, 0.5) is 0 Å². The van der Waals surface area contributed by atoms with E-state index in [1.54, 1.807) is 0 Å². The van der Waals surface area contributed by atoms with Crippen molar-refractivity contribution in [3.63, 3.8) is 0 Å². The van der Waals surface area contributed by atoms with Crippen LogP contribution < -0.4 is 0 Å². The van der Waals surface area contributed by atoms with Gasteiger partial charge in [-0.15, -0.1) is 0 Å². The van der Waals surface area contributed by atoms with Gasteiger partial charge in [0.05, 0.1) is 0 Å². The lowest BCUT2D eigenvalue weighted by Gasteiger charge is -2.14. The van der Waals surface area contributed by atoms with E-state index in [2.05, 4.69) is 76.2 Å². The highest BCUT2D eigenvalue weighted by molar-refractivity contribution is 5.75. The van der Waals surface area contributed by atoms with Crippen LogP contribution in [-0.4, -0.2) is 4.70 Å². The first-order valence-electron chi connectivity index (χ1n) is 15.8. The van der Waals surface area contributed by atoms with E-state index >= 15 is 0 Å². The minimum Gasteiger partial charge on any atom is -0.493 e. The lowest BCUT2D eigenvalue weighted by Crippen LogP contribution is -2.04. The van der Waals surface area contributed by atoms with Crippen molar-refractivity contribution < 1.29 is 4.70 Å².